The van der Waals surface area contributed by atoms with E-state index in [4.69, 9.17) is 0 Å². The third-order valence-electron chi connectivity index (χ3n) is 5.27. The molecule has 0 heterocycles. The monoisotopic (exact) mass is 270 g/mol. The van der Waals surface area contributed by atoms with Crippen molar-refractivity contribution in [1.29, 1.82) is 0 Å². The second kappa shape index (κ2) is 6.16. The van der Waals surface area contributed by atoms with Crippen molar-refractivity contribution in [2.45, 2.75) is 66.2 Å². The molecular weight excluding hydrogens is 240 g/mol. The lowest BCUT2D eigenvalue weighted by Crippen LogP contribution is -2.24. The minimum Gasteiger partial charge on any atom is -0.0958 e. The number of allylic oxidation sites excluding steroid dienone is 7. The van der Waals surface area contributed by atoms with Gasteiger partial charge in [-0.25, -0.2) is 0 Å². The fourth-order valence-electron chi connectivity index (χ4n) is 3.73. The molecule has 0 aliphatic heterocycles. The van der Waals surface area contributed by atoms with Gasteiger partial charge in [0, 0.05) is 0 Å². The van der Waals surface area contributed by atoms with Crippen LogP contribution in [0.15, 0.2) is 47.1 Å². The first kappa shape index (κ1) is 15.4. The highest BCUT2D eigenvalue weighted by atomic mass is 14.4. The molecule has 0 saturated carbocycles. The fourth-order valence-corrected chi connectivity index (χ4v) is 3.73. The lowest BCUT2D eigenvalue weighted by molar-refractivity contribution is 0.235. The molecule has 0 heteroatoms. The lowest BCUT2D eigenvalue weighted by Gasteiger charge is -2.33. The number of rotatable bonds is 1. The highest BCUT2D eigenvalue weighted by molar-refractivity contribution is 5.35. The topological polar surface area (TPSA) is 0 Å². The Morgan fingerprint density at radius 3 is 2.45 bits per heavy atom. The van der Waals surface area contributed by atoms with Gasteiger partial charge in [0.1, 0.15) is 0 Å². The first-order chi connectivity index (χ1) is 9.42. The molecule has 110 valence electrons. The van der Waals surface area contributed by atoms with Gasteiger partial charge in [-0.15, -0.1) is 0 Å². The molecular formula is C20H30. The van der Waals surface area contributed by atoms with E-state index in [0.717, 1.165) is 0 Å². The molecule has 0 amide bonds. The fraction of sp³-hybridized carbons (Fsp3) is 0.600. The maximum atomic E-state index is 4.21. The molecule has 0 saturated heterocycles. The number of hydrogen-bond acceptors (Lipinski definition) is 0. The summed E-state index contributed by atoms with van der Waals surface area (Å²) < 4.78 is 0. The zero-order valence-corrected chi connectivity index (χ0v) is 13.8. The smallest absolute Gasteiger partial charge is 0.00998 e. The van der Waals surface area contributed by atoms with Crippen LogP contribution in [-0.2, 0) is 0 Å². The van der Waals surface area contributed by atoms with Gasteiger partial charge in [0.2, 0.25) is 0 Å². The summed E-state index contributed by atoms with van der Waals surface area (Å²) in [4.78, 5) is 0. The van der Waals surface area contributed by atoms with Gasteiger partial charge in [0.15, 0.2) is 0 Å². The summed E-state index contributed by atoms with van der Waals surface area (Å²) in [7, 11) is 0. The van der Waals surface area contributed by atoms with Crippen LogP contribution in [-0.4, -0.2) is 0 Å². The van der Waals surface area contributed by atoms with E-state index in [-0.39, 0.29) is 0 Å². The van der Waals surface area contributed by atoms with Gasteiger partial charge in [-0.3, -0.25) is 0 Å². The molecule has 0 radical (unpaired) electrons. The maximum absolute atomic E-state index is 4.21. The third kappa shape index (κ3) is 3.34. The van der Waals surface area contributed by atoms with E-state index in [0.29, 0.717) is 11.3 Å². The van der Waals surface area contributed by atoms with Crippen LogP contribution in [0.3, 0.4) is 0 Å². The Hall–Kier alpha value is -1.04. The molecule has 0 bridgehead atoms. The summed E-state index contributed by atoms with van der Waals surface area (Å²) in [5, 5.41) is 0. The van der Waals surface area contributed by atoms with Crippen molar-refractivity contribution in [2.24, 2.45) is 11.3 Å². The zero-order chi connectivity index (χ0) is 14.8. The van der Waals surface area contributed by atoms with Crippen LogP contribution < -0.4 is 0 Å². The first-order valence-electron chi connectivity index (χ1n) is 8.09. The third-order valence-corrected chi connectivity index (χ3v) is 5.27. The minimum atomic E-state index is 0.403. The molecule has 2 aliphatic rings. The summed E-state index contributed by atoms with van der Waals surface area (Å²) in [5.74, 6) is 0.686. The van der Waals surface area contributed by atoms with E-state index in [1.807, 2.05) is 0 Å². The summed E-state index contributed by atoms with van der Waals surface area (Å²) in [6.07, 6.45) is 14.8. The Kier molecular flexibility index (Phi) is 4.73. The second-order valence-electron chi connectivity index (χ2n) is 7.23. The van der Waals surface area contributed by atoms with Crippen molar-refractivity contribution in [3.05, 3.63) is 47.1 Å². The van der Waals surface area contributed by atoms with E-state index in [1.165, 1.54) is 49.7 Å². The molecule has 2 atom stereocenters. The largest absolute Gasteiger partial charge is 0.0958 e. The van der Waals surface area contributed by atoms with Gasteiger partial charge in [0.05, 0.1) is 0 Å². The highest BCUT2D eigenvalue weighted by Crippen LogP contribution is 2.50. The van der Waals surface area contributed by atoms with E-state index in [1.54, 1.807) is 11.1 Å². The maximum Gasteiger partial charge on any atom is -0.00998 e. The second-order valence-corrected chi connectivity index (χ2v) is 7.23. The Morgan fingerprint density at radius 2 is 1.75 bits per heavy atom. The van der Waals surface area contributed by atoms with Crippen LogP contribution in [0.2, 0.25) is 0 Å². The SMILES string of the molecule is C=C(C)C1=CCC2(C)CC=C(C)CCC=C(C)CCC12. The molecule has 2 rings (SSSR count). The summed E-state index contributed by atoms with van der Waals surface area (Å²) in [6.45, 7) is 13.5. The molecule has 0 N–H and O–H groups in total. The highest BCUT2D eigenvalue weighted by Gasteiger charge is 2.39. The van der Waals surface area contributed by atoms with Gasteiger partial charge in [-0.1, -0.05) is 48.5 Å². The van der Waals surface area contributed by atoms with E-state index < -0.39 is 0 Å². The predicted octanol–water partition coefficient (Wildman–Crippen LogP) is 6.37. The van der Waals surface area contributed by atoms with Gasteiger partial charge in [-0.2, -0.15) is 0 Å². The Labute approximate surface area is 125 Å². The van der Waals surface area contributed by atoms with E-state index in [9.17, 15) is 0 Å². The van der Waals surface area contributed by atoms with Gasteiger partial charge < -0.3 is 0 Å². The van der Waals surface area contributed by atoms with Crippen LogP contribution in [0.1, 0.15) is 66.2 Å². The lowest BCUT2D eigenvalue weighted by atomic mass is 9.71. The molecule has 0 spiro atoms. The Morgan fingerprint density at radius 1 is 1.10 bits per heavy atom. The molecule has 2 unspecified atom stereocenters. The standard InChI is InChI=1S/C20H30/c1-15(2)18-12-14-20(5)13-11-17(4)8-6-7-16(3)9-10-19(18)20/h7,11-12,19H,1,6,8-10,13-14H2,2-5H3. The van der Waals surface area contributed by atoms with Crippen LogP contribution >= 0.6 is 0 Å². The Balaban J connectivity index is 2.28. The van der Waals surface area contributed by atoms with Gasteiger partial charge >= 0.3 is 0 Å². The molecule has 0 aromatic carbocycles. The van der Waals surface area contributed by atoms with Gasteiger partial charge in [-0.05, 0) is 76.2 Å². The van der Waals surface area contributed by atoms with Crippen molar-refractivity contribution >= 4 is 0 Å². The quantitative estimate of drug-likeness (QED) is 0.485. The molecule has 20 heavy (non-hydrogen) atoms. The summed E-state index contributed by atoms with van der Waals surface area (Å²) in [5.41, 5.74) is 6.33. The molecule has 0 nitrogen and oxygen atoms in total. The molecule has 2 aliphatic carbocycles. The van der Waals surface area contributed by atoms with Crippen LogP contribution in [0.25, 0.3) is 0 Å². The van der Waals surface area contributed by atoms with Crippen molar-refractivity contribution < 1.29 is 0 Å². The van der Waals surface area contributed by atoms with Crippen molar-refractivity contribution in [3.63, 3.8) is 0 Å². The van der Waals surface area contributed by atoms with Crippen molar-refractivity contribution in [1.82, 2.24) is 0 Å². The molecule has 0 aromatic heterocycles. The first-order valence-corrected chi connectivity index (χ1v) is 8.09. The minimum absolute atomic E-state index is 0.403. The zero-order valence-electron chi connectivity index (χ0n) is 13.8. The van der Waals surface area contributed by atoms with Crippen LogP contribution in [0.4, 0.5) is 0 Å². The number of fused-ring (bicyclic) bond motifs is 1. The summed E-state index contributed by atoms with van der Waals surface area (Å²) >= 11 is 0. The van der Waals surface area contributed by atoms with Crippen molar-refractivity contribution in [3.8, 4) is 0 Å². The Bertz CT molecular complexity index is 472. The number of hydrogen-bond donors (Lipinski definition) is 0. The predicted molar refractivity (Wildman–Crippen MR) is 89.7 cm³/mol. The molecule has 0 fully saturated rings. The van der Waals surface area contributed by atoms with Gasteiger partial charge in [0.25, 0.3) is 0 Å². The van der Waals surface area contributed by atoms with Crippen LogP contribution in [0, 0.1) is 11.3 Å². The normalized spacial score (nSPS) is 31.6. The average Bonchev–Trinajstić information content (AvgIpc) is 2.70. The van der Waals surface area contributed by atoms with Crippen LogP contribution in [0.5, 0.6) is 0 Å². The molecule has 0 aromatic rings. The van der Waals surface area contributed by atoms with E-state index in [2.05, 4.69) is 52.5 Å². The summed E-state index contributed by atoms with van der Waals surface area (Å²) in [6, 6.07) is 0. The average molecular weight is 270 g/mol. The van der Waals surface area contributed by atoms with Crippen molar-refractivity contribution in [2.75, 3.05) is 0 Å². The van der Waals surface area contributed by atoms with E-state index >= 15 is 0 Å².